The Hall–Kier alpha value is -2.68. The van der Waals surface area contributed by atoms with Gasteiger partial charge in [0.15, 0.2) is 0 Å². The topological polar surface area (TPSA) is 91.5 Å². The molecule has 2 aromatic rings. The van der Waals surface area contributed by atoms with E-state index in [2.05, 4.69) is 9.97 Å². The minimum atomic E-state index is -0.491. The van der Waals surface area contributed by atoms with Crippen LogP contribution in [0.2, 0.25) is 0 Å². The van der Waals surface area contributed by atoms with Crippen molar-refractivity contribution >= 4 is 0 Å². The molecule has 0 saturated carbocycles. The second kappa shape index (κ2) is 5.31. The van der Waals surface area contributed by atoms with Gasteiger partial charge in [-0.05, 0) is 12.5 Å². The third-order valence-corrected chi connectivity index (χ3v) is 2.80. The predicted molar refractivity (Wildman–Crippen MR) is 68.8 cm³/mol. The highest BCUT2D eigenvalue weighted by Gasteiger charge is 2.07. The van der Waals surface area contributed by atoms with Gasteiger partial charge in [-0.15, -0.1) is 0 Å². The van der Waals surface area contributed by atoms with Crippen LogP contribution in [0.3, 0.4) is 0 Å². The van der Waals surface area contributed by atoms with Gasteiger partial charge >= 0.3 is 5.69 Å². The summed E-state index contributed by atoms with van der Waals surface area (Å²) in [6.45, 7) is 2.05. The molecule has 2 aromatic heterocycles. The van der Waals surface area contributed by atoms with Crippen molar-refractivity contribution in [2.24, 2.45) is 0 Å². The molecule has 0 saturated heterocycles. The molecular weight excluding hydrogens is 244 g/mol. The molecule has 2 rings (SSSR count). The van der Waals surface area contributed by atoms with Crippen molar-refractivity contribution in [3.8, 4) is 6.07 Å². The third kappa shape index (κ3) is 2.60. The van der Waals surface area contributed by atoms with E-state index >= 15 is 0 Å². The lowest BCUT2D eigenvalue weighted by molar-refractivity contribution is 0.704. The number of aromatic nitrogens is 3. The van der Waals surface area contributed by atoms with E-state index < -0.39 is 5.69 Å². The minimum absolute atomic E-state index is 0.208. The maximum atomic E-state index is 11.7. The minimum Gasteiger partial charge on any atom is -0.296 e. The average Bonchev–Trinajstić information content (AvgIpc) is 2.42. The molecule has 0 aliphatic carbocycles. The number of nitrogens with one attached hydrogen (secondary N) is 1. The summed E-state index contributed by atoms with van der Waals surface area (Å²) in [5, 5.41) is 8.95. The van der Waals surface area contributed by atoms with E-state index in [0.717, 1.165) is 0 Å². The summed E-state index contributed by atoms with van der Waals surface area (Å²) < 4.78 is 1.37. The Morgan fingerprint density at radius 1 is 1.42 bits per heavy atom. The van der Waals surface area contributed by atoms with Gasteiger partial charge in [-0.3, -0.25) is 14.3 Å². The van der Waals surface area contributed by atoms with Gasteiger partial charge in [-0.25, -0.2) is 9.78 Å². The van der Waals surface area contributed by atoms with Gasteiger partial charge < -0.3 is 0 Å². The smallest absolute Gasteiger partial charge is 0.296 e. The molecule has 0 radical (unpaired) electrons. The number of aryl methyl sites for hydroxylation is 1. The molecule has 6 heteroatoms. The molecule has 19 heavy (non-hydrogen) atoms. The van der Waals surface area contributed by atoms with Crippen LogP contribution < -0.4 is 11.2 Å². The molecule has 0 amide bonds. The summed E-state index contributed by atoms with van der Waals surface area (Å²) in [5.74, 6) is 0. The Labute approximate surface area is 109 Å². The van der Waals surface area contributed by atoms with E-state index in [1.807, 2.05) is 13.0 Å². The average molecular weight is 256 g/mol. The number of nitrogens with zero attached hydrogens (tertiary/aromatic N) is 3. The summed E-state index contributed by atoms with van der Waals surface area (Å²) in [6, 6.07) is 5.41. The number of H-pyrrole nitrogens is 1. The van der Waals surface area contributed by atoms with Crippen LogP contribution in [-0.2, 0) is 13.0 Å². The fraction of sp³-hybridized carbons (Fsp3) is 0.231. The van der Waals surface area contributed by atoms with E-state index in [4.69, 9.17) is 5.26 Å². The number of pyridine rings is 1. The molecule has 0 aliphatic heterocycles. The SMILES string of the molecule is CCc1cn(Cc2cccnc2C#N)c(=O)[nH]c1=O. The first-order chi connectivity index (χ1) is 9.15. The standard InChI is InChI=1S/C13H12N4O2/c1-2-9-7-17(13(19)16-12(9)18)8-10-4-3-5-15-11(10)6-14/h3-5,7H,2,8H2,1H3,(H,16,18,19). The fourth-order valence-electron chi connectivity index (χ4n) is 1.77. The molecule has 0 spiro atoms. The van der Waals surface area contributed by atoms with E-state index in [9.17, 15) is 9.59 Å². The van der Waals surface area contributed by atoms with Crippen LogP contribution in [0.15, 0.2) is 34.1 Å². The summed E-state index contributed by atoms with van der Waals surface area (Å²) in [6.07, 6.45) is 3.58. The van der Waals surface area contributed by atoms with Gasteiger partial charge in [0, 0.05) is 23.5 Å². The number of hydrogen-bond donors (Lipinski definition) is 1. The van der Waals surface area contributed by atoms with Crippen LogP contribution >= 0.6 is 0 Å². The van der Waals surface area contributed by atoms with Crippen molar-refractivity contribution in [2.45, 2.75) is 19.9 Å². The first-order valence-corrected chi connectivity index (χ1v) is 5.82. The molecule has 0 aliphatic rings. The first-order valence-electron chi connectivity index (χ1n) is 5.82. The molecule has 0 bridgehead atoms. The van der Waals surface area contributed by atoms with Crippen molar-refractivity contribution < 1.29 is 0 Å². The Balaban J connectivity index is 2.47. The highest BCUT2D eigenvalue weighted by molar-refractivity contribution is 5.30. The van der Waals surface area contributed by atoms with Crippen LogP contribution in [0.4, 0.5) is 0 Å². The molecule has 0 aromatic carbocycles. The highest BCUT2D eigenvalue weighted by Crippen LogP contribution is 2.05. The lowest BCUT2D eigenvalue weighted by Crippen LogP contribution is -2.32. The zero-order valence-corrected chi connectivity index (χ0v) is 10.4. The molecule has 0 unspecified atom stereocenters. The van der Waals surface area contributed by atoms with Gasteiger partial charge in [0.05, 0.1) is 6.54 Å². The first kappa shape index (κ1) is 12.8. The van der Waals surface area contributed by atoms with Gasteiger partial charge in [-0.2, -0.15) is 5.26 Å². The summed E-state index contributed by atoms with van der Waals surface area (Å²) in [4.78, 5) is 29.4. The predicted octanol–water partition coefficient (Wildman–Crippen LogP) is 0.414. The molecule has 2 heterocycles. The van der Waals surface area contributed by atoms with Crippen molar-refractivity contribution in [3.05, 3.63) is 62.2 Å². The van der Waals surface area contributed by atoms with Crippen LogP contribution in [0, 0.1) is 11.3 Å². The van der Waals surface area contributed by atoms with Gasteiger partial charge in [0.2, 0.25) is 0 Å². The Morgan fingerprint density at radius 3 is 2.89 bits per heavy atom. The Kier molecular flexibility index (Phi) is 3.57. The maximum Gasteiger partial charge on any atom is 0.328 e. The lowest BCUT2D eigenvalue weighted by Gasteiger charge is -2.07. The zero-order valence-electron chi connectivity index (χ0n) is 10.4. The van der Waals surface area contributed by atoms with Gasteiger partial charge in [-0.1, -0.05) is 13.0 Å². The van der Waals surface area contributed by atoms with Crippen molar-refractivity contribution in [1.29, 1.82) is 5.26 Å². The van der Waals surface area contributed by atoms with Gasteiger partial charge in [0.25, 0.3) is 5.56 Å². The maximum absolute atomic E-state index is 11.7. The summed E-state index contributed by atoms with van der Waals surface area (Å²) in [5.41, 5.74) is 0.590. The lowest BCUT2D eigenvalue weighted by atomic mass is 10.2. The van der Waals surface area contributed by atoms with Crippen LogP contribution in [0.1, 0.15) is 23.7 Å². The Bertz CT molecular complexity index is 752. The molecule has 6 nitrogen and oxygen atoms in total. The van der Waals surface area contributed by atoms with Crippen LogP contribution in [-0.4, -0.2) is 14.5 Å². The van der Waals surface area contributed by atoms with E-state index in [1.165, 1.54) is 17.0 Å². The third-order valence-electron chi connectivity index (χ3n) is 2.80. The molecule has 96 valence electrons. The molecular formula is C13H12N4O2. The molecule has 0 atom stereocenters. The second-order valence-corrected chi connectivity index (χ2v) is 4.02. The fourth-order valence-corrected chi connectivity index (χ4v) is 1.77. The zero-order chi connectivity index (χ0) is 13.8. The van der Waals surface area contributed by atoms with E-state index in [0.29, 0.717) is 17.5 Å². The monoisotopic (exact) mass is 256 g/mol. The largest absolute Gasteiger partial charge is 0.328 e. The number of rotatable bonds is 3. The van der Waals surface area contributed by atoms with Crippen molar-refractivity contribution in [1.82, 2.24) is 14.5 Å². The Morgan fingerprint density at radius 2 is 2.21 bits per heavy atom. The van der Waals surface area contributed by atoms with E-state index in [-0.39, 0.29) is 17.8 Å². The number of nitriles is 1. The van der Waals surface area contributed by atoms with E-state index in [1.54, 1.807) is 12.1 Å². The summed E-state index contributed by atoms with van der Waals surface area (Å²) in [7, 11) is 0. The number of aromatic amines is 1. The molecule has 1 N–H and O–H groups in total. The van der Waals surface area contributed by atoms with Crippen LogP contribution in [0.5, 0.6) is 0 Å². The van der Waals surface area contributed by atoms with Crippen molar-refractivity contribution in [2.75, 3.05) is 0 Å². The van der Waals surface area contributed by atoms with Crippen molar-refractivity contribution in [3.63, 3.8) is 0 Å². The highest BCUT2D eigenvalue weighted by atomic mass is 16.2. The van der Waals surface area contributed by atoms with Gasteiger partial charge in [0.1, 0.15) is 11.8 Å². The normalized spacial score (nSPS) is 10.1. The van der Waals surface area contributed by atoms with Crippen LogP contribution in [0.25, 0.3) is 0 Å². The molecule has 0 fully saturated rings. The number of hydrogen-bond acceptors (Lipinski definition) is 4. The second-order valence-electron chi connectivity index (χ2n) is 4.02. The summed E-state index contributed by atoms with van der Waals surface area (Å²) >= 11 is 0. The quantitative estimate of drug-likeness (QED) is 0.861.